The predicted molar refractivity (Wildman–Crippen MR) is 77.5 cm³/mol. The fraction of sp³-hybridized carbons (Fsp3) is 0.941. The van der Waals surface area contributed by atoms with Gasteiger partial charge in [-0.25, -0.2) is 0 Å². The minimum atomic E-state index is -0.358. The second kappa shape index (κ2) is 4.48. The molecule has 4 fully saturated rings. The van der Waals surface area contributed by atoms with Crippen LogP contribution in [-0.4, -0.2) is 12.1 Å². The van der Waals surface area contributed by atoms with Crippen LogP contribution < -0.4 is 5.32 Å². The van der Waals surface area contributed by atoms with Gasteiger partial charge in [-0.05, 0) is 74.5 Å². The maximum atomic E-state index is 9.46. The summed E-state index contributed by atoms with van der Waals surface area (Å²) >= 11 is 0. The van der Waals surface area contributed by atoms with Gasteiger partial charge in [0.25, 0.3) is 0 Å². The number of rotatable bonds is 4. The lowest BCUT2D eigenvalue weighted by atomic mass is 9.49. The van der Waals surface area contributed by atoms with Gasteiger partial charge in [-0.2, -0.15) is 5.26 Å². The summed E-state index contributed by atoms with van der Waals surface area (Å²) in [6.07, 6.45) is 8.76. The first-order chi connectivity index (χ1) is 8.95. The summed E-state index contributed by atoms with van der Waals surface area (Å²) in [6, 6.07) is 2.50. The lowest BCUT2D eigenvalue weighted by Crippen LogP contribution is -2.55. The molecule has 0 heterocycles. The first-order valence-electron chi connectivity index (χ1n) is 8.11. The first kappa shape index (κ1) is 13.4. The fourth-order valence-electron chi connectivity index (χ4n) is 5.25. The Kier molecular flexibility index (Phi) is 3.17. The lowest BCUT2D eigenvalue weighted by molar-refractivity contribution is -0.0541. The molecule has 0 aromatic rings. The molecule has 4 aliphatic rings. The molecular formula is C17H28N2. The zero-order valence-corrected chi connectivity index (χ0v) is 12.7. The highest BCUT2D eigenvalue weighted by molar-refractivity contribution is 5.09. The van der Waals surface area contributed by atoms with Crippen LogP contribution in [0.5, 0.6) is 0 Å². The summed E-state index contributed by atoms with van der Waals surface area (Å²) in [5, 5.41) is 13.1. The van der Waals surface area contributed by atoms with E-state index < -0.39 is 0 Å². The van der Waals surface area contributed by atoms with Crippen LogP contribution >= 0.6 is 0 Å². The average Bonchev–Trinajstić information content (AvgIpc) is 2.34. The van der Waals surface area contributed by atoms with Gasteiger partial charge in [0.15, 0.2) is 0 Å². The van der Waals surface area contributed by atoms with Crippen LogP contribution in [0.25, 0.3) is 0 Å². The van der Waals surface area contributed by atoms with Crippen molar-refractivity contribution in [2.24, 2.45) is 29.1 Å². The smallest absolute Gasteiger partial charge is 0.106 e. The summed E-state index contributed by atoms with van der Waals surface area (Å²) in [5.41, 5.74) is 0.172. The van der Waals surface area contributed by atoms with E-state index in [1.807, 2.05) is 0 Å². The maximum Gasteiger partial charge on any atom is 0.106 e. The first-order valence-corrected chi connectivity index (χ1v) is 8.11. The number of hydrogen-bond acceptors (Lipinski definition) is 2. The van der Waals surface area contributed by atoms with E-state index >= 15 is 0 Å². The van der Waals surface area contributed by atoms with Gasteiger partial charge >= 0.3 is 0 Å². The molecule has 4 bridgehead atoms. The molecule has 1 N–H and O–H groups in total. The van der Waals surface area contributed by atoms with Crippen molar-refractivity contribution in [3.63, 3.8) is 0 Å². The number of hydrogen-bond donors (Lipinski definition) is 1. The van der Waals surface area contributed by atoms with Gasteiger partial charge in [-0.1, -0.05) is 13.8 Å². The van der Waals surface area contributed by atoms with Crippen molar-refractivity contribution in [3.8, 4) is 6.07 Å². The Morgan fingerprint density at radius 3 is 2.00 bits per heavy atom. The fourth-order valence-corrected chi connectivity index (χ4v) is 5.25. The molecule has 0 saturated heterocycles. The van der Waals surface area contributed by atoms with Gasteiger partial charge < -0.3 is 0 Å². The summed E-state index contributed by atoms with van der Waals surface area (Å²) in [4.78, 5) is 0. The zero-order chi connectivity index (χ0) is 13.7. The number of nitriles is 1. The molecule has 1 unspecified atom stereocenters. The van der Waals surface area contributed by atoms with E-state index in [0.717, 1.165) is 24.3 Å². The van der Waals surface area contributed by atoms with E-state index in [9.17, 15) is 5.26 Å². The molecule has 0 aromatic heterocycles. The van der Waals surface area contributed by atoms with E-state index in [-0.39, 0.29) is 5.54 Å². The van der Waals surface area contributed by atoms with Crippen molar-refractivity contribution < 1.29 is 0 Å². The van der Waals surface area contributed by atoms with E-state index in [1.165, 1.54) is 38.5 Å². The molecule has 4 saturated carbocycles. The monoisotopic (exact) mass is 260 g/mol. The van der Waals surface area contributed by atoms with Gasteiger partial charge in [0.2, 0.25) is 0 Å². The number of nitrogens with zero attached hydrogens (tertiary/aromatic N) is 1. The Morgan fingerprint density at radius 1 is 1.16 bits per heavy atom. The molecule has 4 rings (SSSR count). The normalized spacial score (nSPS) is 43.2. The topological polar surface area (TPSA) is 35.8 Å². The number of nitrogens with one attached hydrogen (secondary N) is 1. The van der Waals surface area contributed by atoms with E-state index in [4.69, 9.17) is 0 Å². The van der Waals surface area contributed by atoms with Crippen LogP contribution in [0.3, 0.4) is 0 Å². The van der Waals surface area contributed by atoms with Gasteiger partial charge in [-0.3, -0.25) is 5.32 Å². The quantitative estimate of drug-likeness (QED) is 0.836. The van der Waals surface area contributed by atoms with Crippen LogP contribution in [0.2, 0.25) is 0 Å². The van der Waals surface area contributed by atoms with Crippen molar-refractivity contribution in [2.45, 2.75) is 64.8 Å². The second-order valence-electron chi connectivity index (χ2n) is 8.24. The molecule has 2 nitrogen and oxygen atoms in total. The van der Waals surface area contributed by atoms with Crippen molar-refractivity contribution in [2.75, 3.05) is 6.54 Å². The third-order valence-electron chi connectivity index (χ3n) is 6.38. The summed E-state index contributed by atoms with van der Waals surface area (Å²) in [5.74, 6) is 3.37. The molecular weight excluding hydrogens is 232 g/mol. The molecule has 19 heavy (non-hydrogen) atoms. The summed E-state index contributed by atoms with van der Waals surface area (Å²) in [6.45, 7) is 7.43. The molecule has 4 aliphatic carbocycles. The standard InChI is InChI=1S/C17H28N2/c1-12(2)16(3,10-18)19-11-17-7-13-4-14(8-17)6-15(5-13)9-17/h12-15,19H,4-9,11H2,1-3H3. The molecule has 2 heteroatoms. The second-order valence-corrected chi connectivity index (χ2v) is 8.24. The third kappa shape index (κ3) is 2.31. The van der Waals surface area contributed by atoms with Gasteiger partial charge in [0.05, 0.1) is 6.07 Å². The highest BCUT2D eigenvalue weighted by Gasteiger charge is 2.51. The molecule has 0 aromatic carbocycles. The average molecular weight is 260 g/mol. The van der Waals surface area contributed by atoms with Crippen LogP contribution in [0.4, 0.5) is 0 Å². The van der Waals surface area contributed by atoms with Crippen LogP contribution in [-0.2, 0) is 0 Å². The van der Waals surface area contributed by atoms with Gasteiger partial charge in [0, 0.05) is 6.54 Å². The Bertz CT molecular complexity index is 357. The lowest BCUT2D eigenvalue weighted by Gasteiger charge is -2.57. The van der Waals surface area contributed by atoms with Crippen LogP contribution in [0.15, 0.2) is 0 Å². The Labute approximate surface area is 118 Å². The molecule has 106 valence electrons. The minimum absolute atomic E-state index is 0.358. The van der Waals surface area contributed by atoms with Crippen LogP contribution in [0.1, 0.15) is 59.3 Å². The minimum Gasteiger partial charge on any atom is -0.299 e. The SMILES string of the molecule is CC(C)C(C)(C#N)NCC12CC3CC(CC(C3)C1)C2. The highest BCUT2D eigenvalue weighted by atomic mass is 15.0. The van der Waals surface area contributed by atoms with Crippen molar-refractivity contribution in [1.82, 2.24) is 5.32 Å². The highest BCUT2D eigenvalue weighted by Crippen LogP contribution is 2.59. The Hall–Kier alpha value is -0.550. The predicted octanol–water partition coefficient (Wildman–Crippen LogP) is 3.73. The van der Waals surface area contributed by atoms with Crippen LogP contribution in [0, 0.1) is 40.4 Å². The van der Waals surface area contributed by atoms with Gasteiger partial charge in [-0.15, -0.1) is 0 Å². The summed E-state index contributed by atoms with van der Waals surface area (Å²) in [7, 11) is 0. The van der Waals surface area contributed by atoms with E-state index in [2.05, 4.69) is 32.2 Å². The maximum absolute atomic E-state index is 9.46. The van der Waals surface area contributed by atoms with E-state index in [0.29, 0.717) is 11.3 Å². The summed E-state index contributed by atoms with van der Waals surface area (Å²) < 4.78 is 0. The van der Waals surface area contributed by atoms with Crippen molar-refractivity contribution in [1.29, 1.82) is 5.26 Å². The molecule has 0 spiro atoms. The molecule has 0 radical (unpaired) electrons. The Balaban J connectivity index is 1.69. The zero-order valence-electron chi connectivity index (χ0n) is 12.7. The molecule has 0 amide bonds. The van der Waals surface area contributed by atoms with E-state index in [1.54, 1.807) is 0 Å². The Morgan fingerprint density at radius 2 is 1.63 bits per heavy atom. The van der Waals surface area contributed by atoms with Crippen molar-refractivity contribution >= 4 is 0 Å². The van der Waals surface area contributed by atoms with Gasteiger partial charge in [0.1, 0.15) is 5.54 Å². The molecule has 1 atom stereocenters. The van der Waals surface area contributed by atoms with Crippen molar-refractivity contribution in [3.05, 3.63) is 0 Å². The third-order valence-corrected chi connectivity index (χ3v) is 6.38. The molecule has 0 aliphatic heterocycles. The largest absolute Gasteiger partial charge is 0.299 e.